The van der Waals surface area contributed by atoms with Crippen molar-refractivity contribution >= 4 is 11.7 Å². The Bertz CT molecular complexity index is 651. The van der Waals surface area contributed by atoms with E-state index in [1.54, 1.807) is 6.07 Å². The molecule has 0 saturated carbocycles. The highest BCUT2D eigenvalue weighted by Crippen LogP contribution is 2.28. The van der Waals surface area contributed by atoms with E-state index in [0.717, 1.165) is 18.3 Å². The molecule has 5 nitrogen and oxygen atoms in total. The molecule has 0 aliphatic carbocycles. The van der Waals surface area contributed by atoms with Gasteiger partial charge in [0.25, 0.3) is 0 Å². The number of alkyl halides is 3. The predicted molar refractivity (Wildman–Crippen MR) is 68.3 cm³/mol. The van der Waals surface area contributed by atoms with Crippen molar-refractivity contribution in [1.29, 1.82) is 5.26 Å². The molecule has 2 heterocycles. The number of carbonyl (C=O) groups is 2. The van der Waals surface area contributed by atoms with Crippen LogP contribution in [0.2, 0.25) is 0 Å². The molecule has 23 heavy (non-hydrogen) atoms. The fourth-order valence-corrected chi connectivity index (χ4v) is 2.40. The van der Waals surface area contributed by atoms with Gasteiger partial charge in [-0.05, 0) is 12.1 Å². The van der Waals surface area contributed by atoms with Gasteiger partial charge in [-0.15, -0.1) is 0 Å². The zero-order chi connectivity index (χ0) is 17.2. The molecule has 1 saturated heterocycles. The number of rotatable bonds is 4. The number of hydrogen-bond acceptors (Lipinski definition) is 4. The summed E-state index contributed by atoms with van der Waals surface area (Å²) in [6.07, 6.45) is -4.10. The Morgan fingerprint density at radius 3 is 2.70 bits per heavy atom. The van der Waals surface area contributed by atoms with Crippen LogP contribution in [0.5, 0.6) is 0 Å². The van der Waals surface area contributed by atoms with Gasteiger partial charge in [0.05, 0.1) is 18.0 Å². The Morgan fingerprint density at radius 2 is 2.17 bits per heavy atom. The van der Waals surface area contributed by atoms with Gasteiger partial charge in [0.15, 0.2) is 5.78 Å². The van der Waals surface area contributed by atoms with Crippen LogP contribution in [0.3, 0.4) is 0 Å². The number of aromatic nitrogens is 1. The lowest BCUT2D eigenvalue weighted by atomic mass is 9.90. The second-order valence-corrected chi connectivity index (χ2v) is 5.16. The zero-order valence-electron chi connectivity index (χ0n) is 11.7. The van der Waals surface area contributed by atoms with Crippen LogP contribution < -0.4 is 0 Å². The zero-order valence-corrected chi connectivity index (χ0v) is 11.7. The third-order valence-corrected chi connectivity index (χ3v) is 3.45. The topological polar surface area (TPSA) is 74.1 Å². The van der Waals surface area contributed by atoms with Gasteiger partial charge >= 0.3 is 6.18 Å². The van der Waals surface area contributed by atoms with E-state index in [4.69, 9.17) is 5.26 Å². The summed E-state index contributed by atoms with van der Waals surface area (Å²) in [4.78, 5) is 28.1. The maximum Gasteiger partial charge on any atom is 0.406 e. The number of likely N-dealkylation sites (tertiary alicyclic amines) is 1. The van der Waals surface area contributed by atoms with Crippen molar-refractivity contribution in [2.45, 2.75) is 18.5 Å². The number of nitriles is 1. The molecule has 2 rings (SSSR count). The van der Waals surface area contributed by atoms with Crippen LogP contribution in [0.15, 0.2) is 18.3 Å². The van der Waals surface area contributed by atoms with Gasteiger partial charge in [-0.25, -0.2) is 4.39 Å². The summed E-state index contributed by atoms with van der Waals surface area (Å²) < 4.78 is 49.9. The van der Waals surface area contributed by atoms with Crippen molar-refractivity contribution in [3.05, 3.63) is 29.8 Å². The van der Waals surface area contributed by atoms with E-state index in [-0.39, 0.29) is 12.1 Å². The summed E-state index contributed by atoms with van der Waals surface area (Å²) in [5, 5.41) is 9.11. The predicted octanol–water partition coefficient (Wildman–Crippen LogP) is 1.81. The lowest BCUT2D eigenvalue weighted by molar-refractivity contribution is -0.157. The molecule has 9 heteroatoms. The minimum atomic E-state index is -4.55. The van der Waals surface area contributed by atoms with Gasteiger partial charge in [0.1, 0.15) is 18.3 Å². The molecule has 2 atom stereocenters. The number of nitrogens with zero attached hydrogens (tertiary/aromatic N) is 3. The molecular weight excluding hydrogens is 318 g/mol. The normalized spacial score (nSPS) is 19.5. The first kappa shape index (κ1) is 16.9. The highest BCUT2D eigenvalue weighted by atomic mass is 19.4. The number of pyridine rings is 1. The smallest absolute Gasteiger partial charge is 0.333 e. The van der Waals surface area contributed by atoms with Crippen LogP contribution in [0.25, 0.3) is 0 Å². The summed E-state index contributed by atoms with van der Waals surface area (Å²) in [6.45, 7) is -1.82. The Balaban J connectivity index is 2.12. The minimum Gasteiger partial charge on any atom is -0.333 e. The Morgan fingerprint density at radius 1 is 1.48 bits per heavy atom. The van der Waals surface area contributed by atoms with Crippen molar-refractivity contribution in [2.24, 2.45) is 5.92 Å². The third-order valence-electron chi connectivity index (χ3n) is 3.45. The number of Topliss-reactive ketones (excluding diaryl/α,β-unsaturated/α-hetero) is 1. The van der Waals surface area contributed by atoms with Gasteiger partial charge < -0.3 is 4.90 Å². The second-order valence-electron chi connectivity index (χ2n) is 5.16. The van der Waals surface area contributed by atoms with Crippen molar-refractivity contribution in [3.8, 4) is 6.07 Å². The summed E-state index contributed by atoms with van der Waals surface area (Å²) in [5.74, 6) is -4.49. The molecule has 0 unspecified atom stereocenters. The molecule has 0 aromatic carbocycles. The van der Waals surface area contributed by atoms with E-state index in [1.165, 1.54) is 0 Å². The molecule has 1 aliphatic rings. The number of ketones is 1. The van der Waals surface area contributed by atoms with Crippen molar-refractivity contribution in [1.82, 2.24) is 9.88 Å². The van der Waals surface area contributed by atoms with Crippen molar-refractivity contribution < 1.29 is 27.2 Å². The molecule has 1 aromatic rings. The SMILES string of the molecule is N#C[C@@H](C(=O)[C@H]1CC(=O)N(CC(F)(F)F)C1)c1ccc(F)cn1. The summed E-state index contributed by atoms with van der Waals surface area (Å²) in [5.41, 5.74) is 0.000574. The molecule has 1 amide bonds. The highest BCUT2D eigenvalue weighted by Gasteiger charge is 2.42. The van der Waals surface area contributed by atoms with Crippen LogP contribution in [0.1, 0.15) is 18.0 Å². The summed E-state index contributed by atoms with van der Waals surface area (Å²) in [6, 6.07) is 3.89. The second kappa shape index (κ2) is 6.32. The first-order valence-electron chi connectivity index (χ1n) is 6.60. The monoisotopic (exact) mass is 329 g/mol. The largest absolute Gasteiger partial charge is 0.406 e. The van der Waals surface area contributed by atoms with Crippen LogP contribution in [0.4, 0.5) is 17.6 Å². The molecule has 0 radical (unpaired) electrons. The quantitative estimate of drug-likeness (QED) is 0.790. The van der Waals surface area contributed by atoms with Gasteiger partial charge in [0, 0.05) is 18.9 Å². The molecule has 1 fully saturated rings. The number of amides is 1. The number of carbonyl (C=O) groups excluding carboxylic acids is 2. The fourth-order valence-electron chi connectivity index (χ4n) is 2.40. The standard InChI is InChI=1S/C14H11F4N3O2/c15-9-1-2-11(20-5-9)10(4-19)13(23)8-3-12(22)21(6-8)7-14(16,17)18/h1-2,5,8,10H,3,6-7H2/t8-,10+/m0/s1. The van der Waals surface area contributed by atoms with E-state index in [0.29, 0.717) is 4.90 Å². The van der Waals surface area contributed by atoms with E-state index >= 15 is 0 Å². The van der Waals surface area contributed by atoms with Crippen LogP contribution in [-0.2, 0) is 9.59 Å². The Labute approximate surface area is 128 Å². The van der Waals surface area contributed by atoms with Gasteiger partial charge in [0.2, 0.25) is 5.91 Å². The molecule has 1 aliphatic heterocycles. The molecule has 122 valence electrons. The maximum atomic E-state index is 12.8. The summed E-state index contributed by atoms with van der Waals surface area (Å²) >= 11 is 0. The molecule has 0 N–H and O–H groups in total. The summed E-state index contributed by atoms with van der Waals surface area (Å²) in [7, 11) is 0. The maximum absolute atomic E-state index is 12.8. The Hall–Kier alpha value is -2.50. The average molecular weight is 329 g/mol. The molecular formula is C14H11F4N3O2. The third kappa shape index (κ3) is 4.03. The van der Waals surface area contributed by atoms with E-state index < -0.39 is 48.6 Å². The van der Waals surface area contributed by atoms with E-state index in [9.17, 15) is 27.2 Å². The molecule has 0 spiro atoms. The first-order chi connectivity index (χ1) is 10.7. The number of halogens is 4. The average Bonchev–Trinajstić information content (AvgIpc) is 2.81. The van der Waals surface area contributed by atoms with Gasteiger partial charge in [-0.3, -0.25) is 14.6 Å². The number of hydrogen-bond donors (Lipinski definition) is 0. The fraction of sp³-hybridized carbons (Fsp3) is 0.429. The van der Waals surface area contributed by atoms with Crippen molar-refractivity contribution in [2.75, 3.05) is 13.1 Å². The molecule has 0 bridgehead atoms. The highest BCUT2D eigenvalue weighted by molar-refractivity contribution is 5.95. The Kier molecular flexibility index (Phi) is 4.63. The van der Waals surface area contributed by atoms with Crippen LogP contribution in [0, 0.1) is 23.1 Å². The van der Waals surface area contributed by atoms with E-state index in [1.807, 2.05) is 0 Å². The van der Waals surface area contributed by atoms with Gasteiger partial charge in [-0.2, -0.15) is 18.4 Å². The lowest BCUT2D eigenvalue weighted by Gasteiger charge is -2.18. The van der Waals surface area contributed by atoms with Crippen molar-refractivity contribution in [3.63, 3.8) is 0 Å². The lowest BCUT2D eigenvalue weighted by Crippen LogP contribution is -2.36. The van der Waals surface area contributed by atoms with Gasteiger partial charge in [-0.1, -0.05) is 0 Å². The van der Waals surface area contributed by atoms with Crippen LogP contribution >= 0.6 is 0 Å². The minimum absolute atomic E-state index is 0.000574. The first-order valence-corrected chi connectivity index (χ1v) is 6.60. The van der Waals surface area contributed by atoms with E-state index in [2.05, 4.69) is 4.98 Å². The van der Waals surface area contributed by atoms with Crippen LogP contribution in [-0.4, -0.2) is 40.8 Å². The molecule has 1 aromatic heterocycles.